The smallest absolute Gasteiger partial charge is 1.00 e. The third kappa shape index (κ3) is 12.6. The first kappa shape index (κ1) is 46.3. The molecule has 4 N–H and O–H groups in total. The number of fused-ring (bicyclic) bond motifs is 5. The fraction of sp³-hybridized carbons (Fsp3) is 0.711. The van der Waals surface area contributed by atoms with Gasteiger partial charge in [-0.1, -0.05) is 19.1 Å². The van der Waals surface area contributed by atoms with Crippen molar-refractivity contribution in [2.45, 2.75) is 63.9 Å². The predicted octanol–water partition coefficient (Wildman–Crippen LogP) is -2.10. The van der Waals surface area contributed by atoms with E-state index in [9.17, 15) is 15.3 Å². The van der Waals surface area contributed by atoms with Gasteiger partial charge in [-0.15, -0.1) is 0 Å². The van der Waals surface area contributed by atoms with Gasteiger partial charge in [0, 0.05) is 43.4 Å². The van der Waals surface area contributed by atoms with Crippen molar-refractivity contribution in [2.24, 2.45) is 22.7 Å². The fourth-order valence-corrected chi connectivity index (χ4v) is 8.65. The number of aromatic nitrogens is 1. The van der Waals surface area contributed by atoms with Crippen LogP contribution in [0, 0.1) is 22.7 Å². The van der Waals surface area contributed by atoms with Gasteiger partial charge in [0.05, 0.1) is 72.2 Å². The summed E-state index contributed by atoms with van der Waals surface area (Å²) < 4.78 is 28.3. The van der Waals surface area contributed by atoms with Crippen molar-refractivity contribution in [3.8, 4) is 5.75 Å². The zero-order chi connectivity index (χ0) is 33.7. The van der Waals surface area contributed by atoms with Crippen molar-refractivity contribution in [3.63, 3.8) is 0 Å². The molecule has 0 amide bonds. The Balaban J connectivity index is 0.00000300. The van der Waals surface area contributed by atoms with Gasteiger partial charge in [-0.3, -0.25) is 4.98 Å². The normalized spacial score (nSPS) is 26.2. The Labute approximate surface area is 331 Å². The minimum Gasteiger partial charge on any atom is -1.00 e. The SMILES string of the molecule is C[C@]12CCC3c4ccc(O)cc4CCC3C1C[C@@](CO)(CCOCCOCCOCCOCCOCCNCCc1ccccn1)[C@@H]2O.[Cl-].[Cl-].[Pt+2]. The summed E-state index contributed by atoms with van der Waals surface area (Å²) in [5, 5.41) is 35.6. The number of benzene rings is 1. The average Bonchev–Trinajstić information content (AvgIpc) is 3.33. The van der Waals surface area contributed by atoms with E-state index in [2.05, 4.69) is 23.3 Å². The molecule has 13 heteroatoms. The number of phenols is 1. The molecule has 0 aliphatic heterocycles. The summed E-state index contributed by atoms with van der Waals surface area (Å²) in [7, 11) is 0. The van der Waals surface area contributed by atoms with Crippen molar-refractivity contribution in [1.29, 1.82) is 0 Å². The summed E-state index contributed by atoms with van der Waals surface area (Å²) in [6, 6.07) is 11.8. The van der Waals surface area contributed by atoms with Crippen molar-refractivity contribution >= 4 is 0 Å². The van der Waals surface area contributed by atoms with Crippen LogP contribution in [-0.2, 0) is 57.6 Å². The Morgan fingerprint density at radius 3 is 2.12 bits per heavy atom. The maximum atomic E-state index is 11.7. The fourth-order valence-electron chi connectivity index (χ4n) is 8.65. The standard InChI is InChI=1S/C38H58N2O8.2ClH.Pt/c1-37-11-9-33-32-8-6-31(42)26-29(32)5-7-34(33)35(37)27-38(28-41,36(37)43)12-16-44-18-20-46-22-24-48-25-23-47-21-19-45-17-15-39-14-10-30-4-2-3-13-40-30;;;/h2-4,6,8,13,26,33-36,39,41-43H,5,7,9-12,14-25,27-28H2,1H3;2*1H;/q;;;+2/p-2/t33?,34?,35?,36-,37+,38-;;;/m1.../s1. The summed E-state index contributed by atoms with van der Waals surface area (Å²) >= 11 is 0. The summed E-state index contributed by atoms with van der Waals surface area (Å²) in [4.78, 5) is 4.31. The molecular formula is C38H58Cl2N2O8Pt. The van der Waals surface area contributed by atoms with Crippen LogP contribution in [0.3, 0.4) is 0 Å². The molecule has 0 radical (unpaired) electrons. The number of nitrogens with one attached hydrogen (secondary N) is 1. The molecule has 292 valence electrons. The number of ether oxygens (including phenoxy) is 5. The Morgan fingerprint density at radius 2 is 1.49 bits per heavy atom. The quantitative estimate of drug-likeness (QED) is 0.0977. The maximum absolute atomic E-state index is 11.7. The first-order valence-electron chi connectivity index (χ1n) is 18.1. The van der Waals surface area contributed by atoms with Gasteiger partial charge in [-0.25, -0.2) is 0 Å². The molecule has 6 atom stereocenters. The Hall–Kier alpha value is -0.882. The molecule has 3 aliphatic carbocycles. The van der Waals surface area contributed by atoms with Gasteiger partial charge in [0.25, 0.3) is 0 Å². The number of aliphatic hydroxyl groups is 2. The minimum absolute atomic E-state index is 0. The van der Waals surface area contributed by atoms with E-state index >= 15 is 0 Å². The number of hydrogen-bond acceptors (Lipinski definition) is 10. The van der Waals surface area contributed by atoms with Crippen LogP contribution in [0.4, 0.5) is 0 Å². The summed E-state index contributed by atoms with van der Waals surface area (Å²) in [6.45, 7) is 9.11. The Bertz CT molecular complexity index is 1240. The molecule has 10 nitrogen and oxygen atoms in total. The molecule has 3 unspecified atom stereocenters. The summed E-state index contributed by atoms with van der Waals surface area (Å²) in [5.74, 6) is 1.66. The van der Waals surface area contributed by atoms with Crippen molar-refractivity contribution in [3.05, 3.63) is 59.4 Å². The first-order valence-corrected chi connectivity index (χ1v) is 18.1. The molecule has 1 heterocycles. The number of rotatable bonds is 22. The van der Waals surface area contributed by atoms with Gasteiger partial charge >= 0.3 is 21.1 Å². The van der Waals surface area contributed by atoms with Crippen molar-refractivity contribution < 1.29 is 84.9 Å². The summed E-state index contributed by atoms with van der Waals surface area (Å²) in [5.41, 5.74) is 3.00. The largest absolute Gasteiger partial charge is 2.00 e. The van der Waals surface area contributed by atoms with Crippen molar-refractivity contribution in [2.75, 3.05) is 85.8 Å². The monoisotopic (exact) mass is 935 g/mol. The third-order valence-corrected chi connectivity index (χ3v) is 11.2. The van der Waals surface area contributed by atoms with E-state index in [1.54, 1.807) is 0 Å². The van der Waals surface area contributed by atoms with E-state index < -0.39 is 11.5 Å². The maximum Gasteiger partial charge on any atom is 2.00 e. The van der Waals surface area contributed by atoms with Gasteiger partial charge in [-0.2, -0.15) is 0 Å². The van der Waals surface area contributed by atoms with Crippen LogP contribution in [0.25, 0.3) is 0 Å². The van der Waals surface area contributed by atoms with Crippen LogP contribution in [-0.4, -0.2) is 112 Å². The third-order valence-electron chi connectivity index (χ3n) is 11.2. The van der Waals surface area contributed by atoms with Crippen LogP contribution in [0.5, 0.6) is 5.75 Å². The molecule has 5 rings (SSSR count). The zero-order valence-electron chi connectivity index (χ0n) is 29.9. The number of aromatic hydroxyl groups is 1. The second-order valence-electron chi connectivity index (χ2n) is 14.1. The molecular weight excluding hydrogens is 878 g/mol. The van der Waals surface area contributed by atoms with Gasteiger partial charge in [-0.05, 0) is 97.1 Å². The topological polar surface area (TPSA) is 132 Å². The number of aryl methyl sites for hydroxylation is 1. The number of phenolic OH excluding ortho intramolecular Hbond substituents is 1. The van der Waals surface area contributed by atoms with Crippen molar-refractivity contribution in [1.82, 2.24) is 10.3 Å². The van der Waals surface area contributed by atoms with E-state index in [4.69, 9.17) is 23.7 Å². The molecule has 0 saturated heterocycles. The predicted molar refractivity (Wildman–Crippen MR) is 183 cm³/mol. The van der Waals surface area contributed by atoms with Gasteiger partial charge < -0.3 is 69.1 Å². The van der Waals surface area contributed by atoms with E-state index in [1.165, 1.54) is 11.1 Å². The van der Waals surface area contributed by atoms with Gasteiger partial charge in [0.1, 0.15) is 5.75 Å². The first-order chi connectivity index (χ1) is 23.5. The van der Waals surface area contributed by atoms with Crippen LogP contribution in [0.15, 0.2) is 42.6 Å². The molecule has 1 aromatic carbocycles. The number of pyridine rings is 1. The molecule has 0 bridgehead atoms. The van der Waals surface area contributed by atoms with Gasteiger partial charge in [0.2, 0.25) is 0 Å². The molecule has 2 fully saturated rings. The molecule has 1 aromatic heterocycles. The zero-order valence-corrected chi connectivity index (χ0v) is 33.7. The van der Waals surface area contributed by atoms with Crippen LogP contribution in [0.2, 0.25) is 0 Å². The number of halogens is 2. The number of aliphatic hydroxyl groups excluding tert-OH is 2. The number of nitrogens with zero attached hydrogens (tertiary/aromatic N) is 1. The minimum atomic E-state index is -0.550. The number of hydrogen-bond donors (Lipinski definition) is 4. The Morgan fingerprint density at radius 1 is 0.843 bits per heavy atom. The Kier molecular flexibility index (Phi) is 21.6. The van der Waals surface area contributed by atoms with E-state index in [0.29, 0.717) is 96.0 Å². The molecule has 2 aromatic rings. The second-order valence-corrected chi connectivity index (χ2v) is 14.1. The van der Waals surface area contributed by atoms with E-state index in [1.807, 2.05) is 36.5 Å². The van der Waals surface area contributed by atoms with E-state index in [0.717, 1.165) is 57.3 Å². The molecule has 0 spiro atoms. The summed E-state index contributed by atoms with van der Waals surface area (Å²) in [6.07, 6.45) is 7.67. The molecule has 3 aliphatic rings. The second kappa shape index (κ2) is 23.8. The van der Waals surface area contributed by atoms with Gasteiger partial charge in [0.15, 0.2) is 0 Å². The molecule has 51 heavy (non-hydrogen) atoms. The van der Waals surface area contributed by atoms with Crippen LogP contribution in [0.1, 0.15) is 61.8 Å². The average molecular weight is 937 g/mol. The van der Waals surface area contributed by atoms with Crippen LogP contribution >= 0.6 is 0 Å². The molecule has 2 saturated carbocycles. The van der Waals surface area contributed by atoms with E-state index in [-0.39, 0.29) is 57.9 Å². The van der Waals surface area contributed by atoms with Crippen LogP contribution < -0.4 is 30.1 Å².